The van der Waals surface area contributed by atoms with Gasteiger partial charge in [0.2, 0.25) is 0 Å². The van der Waals surface area contributed by atoms with Gasteiger partial charge >= 0.3 is 12.1 Å². The normalized spacial score (nSPS) is 11.2. The van der Waals surface area contributed by atoms with Crippen molar-refractivity contribution in [1.29, 1.82) is 0 Å². The zero-order chi connectivity index (χ0) is 20.9. The number of ether oxygens (including phenoxy) is 3. The fourth-order valence-electron chi connectivity index (χ4n) is 2.46. The molecule has 0 saturated carbocycles. The standard InChI is InChI=1S/C20H16F3NO5/c1-26-18-8-3-2-7-16(18)17-10-15(29-24-17)11-28-19(25)12-27-14-6-4-5-13(9-14)20(21,22)23/h2-10H,11-12H2,1H3. The Morgan fingerprint density at radius 3 is 2.66 bits per heavy atom. The lowest BCUT2D eigenvalue weighted by Crippen LogP contribution is -2.15. The summed E-state index contributed by atoms with van der Waals surface area (Å²) in [5.74, 6) is 0.0460. The van der Waals surface area contributed by atoms with Crippen molar-refractivity contribution in [3.05, 3.63) is 65.9 Å². The molecule has 2 aromatic carbocycles. The highest BCUT2D eigenvalue weighted by molar-refractivity contribution is 5.71. The Balaban J connectivity index is 1.53. The minimum Gasteiger partial charge on any atom is -0.496 e. The molecule has 152 valence electrons. The maximum Gasteiger partial charge on any atom is 0.416 e. The molecule has 0 aliphatic heterocycles. The van der Waals surface area contributed by atoms with E-state index in [9.17, 15) is 18.0 Å². The fourth-order valence-corrected chi connectivity index (χ4v) is 2.46. The molecule has 0 aliphatic carbocycles. The first-order valence-electron chi connectivity index (χ1n) is 8.41. The molecule has 0 N–H and O–H groups in total. The minimum absolute atomic E-state index is 0.0881. The molecule has 0 fully saturated rings. The Bertz CT molecular complexity index is 984. The van der Waals surface area contributed by atoms with Crippen LogP contribution in [0.4, 0.5) is 13.2 Å². The highest BCUT2D eigenvalue weighted by Gasteiger charge is 2.30. The number of methoxy groups -OCH3 is 1. The van der Waals surface area contributed by atoms with Gasteiger partial charge in [0.15, 0.2) is 19.0 Å². The summed E-state index contributed by atoms with van der Waals surface area (Å²) in [6, 6.07) is 13.0. The van der Waals surface area contributed by atoms with Gasteiger partial charge in [0.25, 0.3) is 0 Å². The molecule has 0 bridgehead atoms. The van der Waals surface area contributed by atoms with Crippen LogP contribution in [0, 0.1) is 0 Å². The van der Waals surface area contributed by atoms with Gasteiger partial charge < -0.3 is 18.7 Å². The minimum atomic E-state index is -4.49. The van der Waals surface area contributed by atoms with E-state index in [1.54, 1.807) is 18.2 Å². The van der Waals surface area contributed by atoms with Gasteiger partial charge in [-0.15, -0.1) is 0 Å². The molecule has 1 heterocycles. The Kier molecular flexibility index (Phi) is 6.06. The summed E-state index contributed by atoms with van der Waals surface area (Å²) in [6.45, 7) is -0.748. The number of alkyl halides is 3. The van der Waals surface area contributed by atoms with Gasteiger partial charge in [-0.25, -0.2) is 4.79 Å². The van der Waals surface area contributed by atoms with E-state index in [4.69, 9.17) is 18.7 Å². The zero-order valence-electron chi connectivity index (χ0n) is 15.2. The van der Waals surface area contributed by atoms with Gasteiger partial charge in [0.05, 0.1) is 12.7 Å². The van der Waals surface area contributed by atoms with Crippen molar-refractivity contribution < 1.29 is 36.7 Å². The van der Waals surface area contributed by atoms with Crippen LogP contribution in [-0.2, 0) is 22.3 Å². The van der Waals surface area contributed by atoms with Gasteiger partial charge in [0.1, 0.15) is 17.2 Å². The average Bonchev–Trinajstić information content (AvgIpc) is 3.19. The van der Waals surface area contributed by atoms with Gasteiger partial charge in [0, 0.05) is 11.6 Å². The van der Waals surface area contributed by atoms with E-state index in [1.165, 1.54) is 19.2 Å². The van der Waals surface area contributed by atoms with Crippen LogP contribution in [0.25, 0.3) is 11.3 Å². The highest BCUT2D eigenvalue weighted by Crippen LogP contribution is 2.31. The van der Waals surface area contributed by atoms with Gasteiger partial charge in [-0.05, 0) is 30.3 Å². The lowest BCUT2D eigenvalue weighted by Gasteiger charge is -2.09. The van der Waals surface area contributed by atoms with Crippen LogP contribution in [-0.4, -0.2) is 24.8 Å². The summed E-state index contributed by atoms with van der Waals surface area (Å²) in [6.07, 6.45) is -4.49. The first-order chi connectivity index (χ1) is 13.9. The Labute approximate surface area is 163 Å². The Morgan fingerprint density at radius 2 is 1.90 bits per heavy atom. The SMILES string of the molecule is COc1ccccc1-c1cc(COC(=O)COc2cccc(C(F)(F)F)c2)on1. The monoisotopic (exact) mass is 407 g/mol. The van der Waals surface area contributed by atoms with Crippen LogP contribution in [0.1, 0.15) is 11.3 Å². The number of aromatic nitrogens is 1. The summed E-state index contributed by atoms with van der Waals surface area (Å²) >= 11 is 0. The predicted octanol–water partition coefficient (Wildman–Crippen LogP) is 4.49. The number of benzene rings is 2. The lowest BCUT2D eigenvalue weighted by atomic mass is 10.1. The molecule has 3 rings (SSSR count). The molecule has 3 aromatic rings. The summed E-state index contributed by atoms with van der Waals surface area (Å²) in [5.41, 5.74) is 0.354. The van der Waals surface area contributed by atoms with Crippen molar-refractivity contribution in [2.24, 2.45) is 0 Å². The smallest absolute Gasteiger partial charge is 0.416 e. The molecule has 0 saturated heterocycles. The maximum atomic E-state index is 12.7. The van der Waals surface area contributed by atoms with Crippen molar-refractivity contribution >= 4 is 5.97 Å². The van der Waals surface area contributed by atoms with E-state index < -0.39 is 24.3 Å². The number of hydrogen-bond donors (Lipinski definition) is 0. The second kappa shape index (κ2) is 8.68. The van der Waals surface area contributed by atoms with Crippen molar-refractivity contribution in [2.45, 2.75) is 12.8 Å². The lowest BCUT2D eigenvalue weighted by molar-refractivity contribution is -0.147. The summed E-state index contributed by atoms with van der Waals surface area (Å²) in [4.78, 5) is 11.8. The molecule has 0 amide bonds. The van der Waals surface area contributed by atoms with Crippen LogP contribution < -0.4 is 9.47 Å². The Morgan fingerprint density at radius 1 is 1.10 bits per heavy atom. The van der Waals surface area contributed by atoms with Crippen LogP contribution in [0.3, 0.4) is 0 Å². The second-order valence-corrected chi connectivity index (χ2v) is 5.85. The highest BCUT2D eigenvalue weighted by atomic mass is 19.4. The molecule has 1 aromatic heterocycles. The molecule has 0 unspecified atom stereocenters. The number of carbonyl (C=O) groups excluding carboxylic acids is 1. The van der Waals surface area contributed by atoms with Crippen molar-refractivity contribution in [2.75, 3.05) is 13.7 Å². The first kappa shape index (κ1) is 20.2. The zero-order valence-corrected chi connectivity index (χ0v) is 15.2. The van der Waals surface area contributed by atoms with Crippen molar-refractivity contribution in [3.63, 3.8) is 0 Å². The quantitative estimate of drug-likeness (QED) is 0.538. The third kappa shape index (κ3) is 5.28. The third-order valence-electron chi connectivity index (χ3n) is 3.84. The Hall–Kier alpha value is -3.49. The molecular formula is C20H16F3NO5. The van der Waals surface area contributed by atoms with E-state index in [-0.39, 0.29) is 12.4 Å². The van der Waals surface area contributed by atoms with Crippen LogP contribution in [0.2, 0.25) is 0 Å². The van der Waals surface area contributed by atoms with Gasteiger partial charge in [-0.2, -0.15) is 13.2 Å². The molecule has 6 nitrogen and oxygen atoms in total. The third-order valence-corrected chi connectivity index (χ3v) is 3.84. The van der Waals surface area contributed by atoms with Gasteiger partial charge in [-0.3, -0.25) is 0 Å². The number of carbonyl (C=O) groups is 1. The van der Waals surface area contributed by atoms with Crippen molar-refractivity contribution in [1.82, 2.24) is 5.16 Å². The number of para-hydroxylation sites is 1. The largest absolute Gasteiger partial charge is 0.496 e. The summed E-state index contributed by atoms with van der Waals surface area (Å²) in [5, 5.41) is 3.92. The number of nitrogens with zero attached hydrogens (tertiary/aromatic N) is 1. The van der Waals surface area contributed by atoms with E-state index >= 15 is 0 Å². The second-order valence-electron chi connectivity index (χ2n) is 5.85. The van der Waals surface area contributed by atoms with E-state index in [1.807, 2.05) is 12.1 Å². The number of rotatable bonds is 7. The van der Waals surface area contributed by atoms with Crippen LogP contribution in [0.15, 0.2) is 59.1 Å². The summed E-state index contributed by atoms with van der Waals surface area (Å²) in [7, 11) is 1.53. The average molecular weight is 407 g/mol. The maximum absolute atomic E-state index is 12.7. The molecule has 0 aliphatic rings. The van der Waals surface area contributed by atoms with Crippen molar-refractivity contribution in [3.8, 4) is 22.8 Å². The topological polar surface area (TPSA) is 70.8 Å². The van der Waals surface area contributed by atoms with Crippen LogP contribution in [0.5, 0.6) is 11.5 Å². The first-order valence-corrected chi connectivity index (χ1v) is 8.41. The molecule has 29 heavy (non-hydrogen) atoms. The number of esters is 1. The predicted molar refractivity (Wildman–Crippen MR) is 95.2 cm³/mol. The molecule has 9 heteroatoms. The molecule has 0 atom stereocenters. The van der Waals surface area contributed by atoms with E-state index in [0.29, 0.717) is 22.8 Å². The van der Waals surface area contributed by atoms with E-state index in [2.05, 4.69) is 5.16 Å². The van der Waals surface area contributed by atoms with E-state index in [0.717, 1.165) is 12.1 Å². The number of halogens is 3. The molecule has 0 radical (unpaired) electrons. The number of hydrogen-bond acceptors (Lipinski definition) is 6. The fraction of sp³-hybridized carbons (Fsp3) is 0.200. The summed E-state index contributed by atoms with van der Waals surface area (Å²) < 4.78 is 58.5. The van der Waals surface area contributed by atoms with Gasteiger partial charge in [-0.1, -0.05) is 23.4 Å². The van der Waals surface area contributed by atoms with Crippen LogP contribution >= 0.6 is 0 Å². The molecule has 0 spiro atoms. The molecular weight excluding hydrogens is 391 g/mol.